The van der Waals surface area contributed by atoms with E-state index in [4.69, 9.17) is 11.6 Å². The molecule has 1 aromatic carbocycles. The summed E-state index contributed by atoms with van der Waals surface area (Å²) in [4.78, 5) is 7.37. The van der Waals surface area contributed by atoms with Crippen LogP contribution in [0.15, 0.2) is 30.6 Å². The lowest BCUT2D eigenvalue weighted by molar-refractivity contribution is 0.575. The first kappa shape index (κ1) is 12.1. The number of hydrogen-bond acceptors (Lipinski definition) is 2. The molecule has 0 spiro atoms. The summed E-state index contributed by atoms with van der Waals surface area (Å²) < 4.78 is 0. The van der Waals surface area contributed by atoms with Gasteiger partial charge in [0.15, 0.2) is 0 Å². The van der Waals surface area contributed by atoms with E-state index in [0.29, 0.717) is 0 Å². The van der Waals surface area contributed by atoms with E-state index in [0.717, 1.165) is 17.3 Å². The number of rotatable bonds is 4. The fourth-order valence-electron chi connectivity index (χ4n) is 1.96. The summed E-state index contributed by atoms with van der Waals surface area (Å²) in [7, 11) is 1.95. The molecule has 3 nitrogen and oxygen atoms in total. The second-order valence-corrected chi connectivity index (χ2v) is 4.52. The van der Waals surface area contributed by atoms with Crippen LogP contribution < -0.4 is 5.32 Å². The average Bonchev–Trinajstić information content (AvgIpc) is 2.82. The topological polar surface area (TPSA) is 40.7 Å². The molecule has 0 amide bonds. The van der Waals surface area contributed by atoms with Crippen LogP contribution in [0.4, 0.5) is 0 Å². The van der Waals surface area contributed by atoms with Crippen molar-refractivity contribution >= 4 is 11.6 Å². The molecule has 0 bridgehead atoms. The van der Waals surface area contributed by atoms with Gasteiger partial charge >= 0.3 is 0 Å². The van der Waals surface area contributed by atoms with Crippen LogP contribution in [0.25, 0.3) is 0 Å². The van der Waals surface area contributed by atoms with Gasteiger partial charge in [0.2, 0.25) is 0 Å². The highest BCUT2D eigenvalue weighted by molar-refractivity contribution is 6.30. The van der Waals surface area contributed by atoms with Crippen LogP contribution >= 0.6 is 11.6 Å². The van der Waals surface area contributed by atoms with Gasteiger partial charge in [-0.3, -0.25) is 0 Å². The molecule has 0 aliphatic heterocycles. The molecule has 1 heterocycles. The van der Waals surface area contributed by atoms with Gasteiger partial charge in [0.25, 0.3) is 0 Å². The molecule has 1 atom stereocenters. The van der Waals surface area contributed by atoms with E-state index < -0.39 is 0 Å². The lowest BCUT2D eigenvalue weighted by atomic mass is 9.99. The van der Waals surface area contributed by atoms with E-state index in [1.165, 1.54) is 11.1 Å². The maximum atomic E-state index is 6.05. The van der Waals surface area contributed by atoms with Crippen molar-refractivity contribution in [1.29, 1.82) is 0 Å². The first-order valence-electron chi connectivity index (χ1n) is 5.62. The highest BCUT2D eigenvalue weighted by Gasteiger charge is 2.14. The molecule has 2 N–H and O–H groups in total. The molecule has 2 aromatic rings. The van der Waals surface area contributed by atoms with Crippen molar-refractivity contribution in [3.63, 3.8) is 0 Å². The molecule has 2 rings (SSSR count). The number of aromatic nitrogens is 2. The van der Waals surface area contributed by atoms with Crippen molar-refractivity contribution in [1.82, 2.24) is 15.3 Å². The summed E-state index contributed by atoms with van der Waals surface area (Å²) in [6, 6.07) is 6.20. The summed E-state index contributed by atoms with van der Waals surface area (Å²) in [5.74, 6) is 0.976. The Morgan fingerprint density at radius 2 is 2.29 bits per heavy atom. The molecule has 0 radical (unpaired) electrons. The van der Waals surface area contributed by atoms with E-state index in [2.05, 4.69) is 22.2 Å². The monoisotopic (exact) mass is 249 g/mol. The van der Waals surface area contributed by atoms with Crippen LogP contribution in [0.3, 0.4) is 0 Å². The van der Waals surface area contributed by atoms with Gasteiger partial charge in [-0.05, 0) is 37.2 Å². The molecule has 0 aliphatic carbocycles. The van der Waals surface area contributed by atoms with Gasteiger partial charge in [-0.15, -0.1) is 0 Å². The summed E-state index contributed by atoms with van der Waals surface area (Å²) in [5.41, 5.74) is 2.46. The minimum Gasteiger partial charge on any atom is -0.349 e. The van der Waals surface area contributed by atoms with E-state index in [-0.39, 0.29) is 6.04 Å². The zero-order valence-electron chi connectivity index (χ0n) is 10.00. The molecule has 1 unspecified atom stereocenters. The van der Waals surface area contributed by atoms with Crippen LogP contribution in [0.1, 0.15) is 23.0 Å². The number of halogens is 1. The van der Waals surface area contributed by atoms with Gasteiger partial charge in [0, 0.05) is 29.9 Å². The first-order chi connectivity index (χ1) is 8.20. The number of likely N-dealkylation sites (N-methyl/N-ethyl adjacent to an activating group) is 1. The molecule has 0 saturated heterocycles. The largest absolute Gasteiger partial charge is 0.349 e. The molecule has 90 valence electrons. The van der Waals surface area contributed by atoms with E-state index in [1.54, 1.807) is 6.20 Å². The third-order valence-electron chi connectivity index (χ3n) is 2.92. The van der Waals surface area contributed by atoms with Gasteiger partial charge in [-0.25, -0.2) is 4.98 Å². The molecule has 17 heavy (non-hydrogen) atoms. The summed E-state index contributed by atoms with van der Waals surface area (Å²) >= 11 is 6.05. The Kier molecular flexibility index (Phi) is 3.82. The Morgan fingerprint density at radius 3 is 2.94 bits per heavy atom. The third kappa shape index (κ3) is 2.87. The van der Waals surface area contributed by atoms with Crippen molar-refractivity contribution in [3.05, 3.63) is 52.6 Å². The number of aryl methyl sites for hydroxylation is 1. The second-order valence-electron chi connectivity index (χ2n) is 4.08. The quantitative estimate of drug-likeness (QED) is 0.875. The molecular weight excluding hydrogens is 234 g/mol. The third-order valence-corrected chi connectivity index (χ3v) is 3.15. The fourth-order valence-corrected chi connectivity index (χ4v) is 2.14. The predicted octanol–water partition coefficient (Wildman–Crippen LogP) is 2.87. The zero-order valence-corrected chi connectivity index (χ0v) is 10.8. The first-order valence-corrected chi connectivity index (χ1v) is 6.00. The van der Waals surface area contributed by atoms with Crippen molar-refractivity contribution in [2.75, 3.05) is 7.05 Å². The van der Waals surface area contributed by atoms with E-state index in [9.17, 15) is 0 Å². The number of aromatic amines is 1. The summed E-state index contributed by atoms with van der Waals surface area (Å²) in [5, 5.41) is 4.07. The van der Waals surface area contributed by atoms with Gasteiger partial charge in [0.05, 0.1) is 0 Å². The highest BCUT2D eigenvalue weighted by atomic mass is 35.5. The lowest BCUT2D eigenvalue weighted by Crippen LogP contribution is -2.20. The van der Waals surface area contributed by atoms with Crippen molar-refractivity contribution < 1.29 is 0 Å². The Bertz CT molecular complexity index is 479. The van der Waals surface area contributed by atoms with Crippen LogP contribution in [-0.4, -0.2) is 17.0 Å². The van der Waals surface area contributed by atoms with E-state index >= 15 is 0 Å². The average molecular weight is 250 g/mol. The van der Waals surface area contributed by atoms with Crippen LogP contribution in [0, 0.1) is 6.92 Å². The van der Waals surface area contributed by atoms with Crippen molar-refractivity contribution in [3.8, 4) is 0 Å². The molecule has 4 heteroatoms. The standard InChI is InChI=1S/C13H16ClN3/c1-9-3-4-10(14)7-11(9)12(15-2)8-13-16-5-6-17-13/h3-7,12,15H,8H2,1-2H3,(H,16,17). The maximum Gasteiger partial charge on any atom is 0.107 e. The summed E-state index contributed by atoms with van der Waals surface area (Å²) in [6.07, 6.45) is 4.43. The Morgan fingerprint density at radius 1 is 1.47 bits per heavy atom. The number of benzene rings is 1. The van der Waals surface area contributed by atoms with Gasteiger partial charge in [0.1, 0.15) is 5.82 Å². The van der Waals surface area contributed by atoms with Crippen molar-refractivity contribution in [2.45, 2.75) is 19.4 Å². The minimum absolute atomic E-state index is 0.222. The number of nitrogens with zero attached hydrogens (tertiary/aromatic N) is 1. The van der Waals surface area contributed by atoms with E-state index in [1.807, 2.05) is 31.4 Å². The molecule has 1 aromatic heterocycles. The normalized spacial score (nSPS) is 12.6. The molecule has 0 saturated carbocycles. The Labute approximate surface area is 106 Å². The predicted molar refractivity (Wildman–Crippen MR) is 70.3 cm³/mol. The molecule has 0 fully saturated rings. The smallest absolute Gasteiger partial charge is 0.107 e. The van der Waals surface area contributed by atoms with Crippen LogP contribution in [0.5, 0.6) is 0 Å². The fraction of sp³-hybridized carbons (Fsp3) is 0.308. The van der Waals surface area contributed by atoms with Crippen LogP contribution in [0.2, 0.25) is 5.02 Å². The minimum atomic E-state index is 0.222. The maximum absolute atomic E-state index is 6.05. The number of H-pyrrole nitrogens is 1. The van der Waals surface area contributed by atoms with Gasteiger partial charge < -0.3 is 10.3 Å². The SMILES string of the molecule is CNC(Cc1ncc[nH]1)c1cc(Cl)ccc1C. The number of imidazole rings is 1. The lowest BCUT2D eigenvalue weighted by Gasteiger charge is -2.18. The Hall–Kier alpha value is -1.32. The van der Waals surface area contributed by atoms with Crippen molar-refractivity contribution in [2.24, 2.45) is 0 Å². The number of hydrogen-bond donors (Lipinski definition) is 2. The second kappa shape index (κ2) is 5.34. The van der Waals surface area contributed by atoms with Gasteiger partial charge in [-0.1, -0.05) is 17.7 Å². The van der Waals surface area contributed by atoms with Crippen LogP contribution in [-0.2, 0) is 6.42 Å². The van der Waals surface area contributed by atoms with Gasteiger partial charge in [-0.2, -0.15) is 0 Å². The number of nitrogens with one attached hydrogen (secondary N) is 2. The molecule has 0 aliphatic rings. The Balaban J connectivity index is 2.25. The zero-order chi connectivity index (χ0) is 12.3. The highest BCUT2D eigenvalue weighted by Crippen LogP contribution is 2.23. The molecular formula is C13H16ClN3. The summed E-state index contributed by atoms with van der Waals surface area (Å²) in [6.45, 7) is 2.10.